The average molecular weight is 290 g/mol. The Hall–Kier alpha value is -2.74. The van der Waals surface area contributed by atoms with E-state index in [1.807, 2.05) is 60.7 Å². The maximum atomic E-state index is 10.4. The van der Waals surface area contributed by atoms with Crippen LogP contribution in [-0.2, 0) is 5.41 Å². The Balaban J connectivity index is 2.31. The molecule has 0 heterocycles. The number of phenolic OH excluding ortho intramolecular Hbond substituents is 2. The van der Waals surface area contributed by atoms with Gasteiger partial charge in [0.2, 0.25) is 0 Å². The van der Waals surface area contributed by atoms with E-state index in [1.54, 1.807) is 6.07 Å². The molecule has 110 valence electrons. The highest BCUT2D eigenvalue weighted by atomic mass is 16.3. The predicted molar refractivity (Wildman–Crippen MR) is 88.2 cm³/mol. The van der Waals surface area contributed by atoms with Gasteiger partial charge < -0.3 is 10.2 Å². The SMILES string of the molecule is CC(c1ccccc1)(c1ccccc1)c1cc(O)ccc1O. The minimum Gasteiger partial charge on any atom is -0.508 e. The molecule has 0 bridgehead atoms. The van der Waals surface area contributed by atoms with Crippen molar-refractivity contribution >= 4 is 0 Å². The summed E-state index contributed by atoms with van der Waals surface area (Å²) in [5.41, 5.74) is 2.25. The highest BCUT2D eigenvalue weighted by molar-refractivity contribution is 5.55. The molecule has 22 heavy (non-hydrogen) atoms. The molecule has 3 aromatic rings. The standard InChI is InChI=1S/C20H18O2/c1-20(15-8-4-2-5-9-15,16-10-6-3-7-11-16)18-14-17(21)12-13-19(18)22/h2-14,21-22H,1H3. The van der Waals surface area contributed by atoms with Gasteiger partial charge in [0, 0.05) is 11.0 Å². The van der Waals surface area contributed by atoms with Crippen LogP contribution in [0.25, 0.3) is 0 Å². The number of rotatable bonds is 3. The summed E-state index contributed by atoms with van der Waals surface area (Å²) in [5.74, 6) is 0.318. The summed E-state index contributed by atoms with van der Waals surface area (Å²) in [7, 11) is 0. The van der Waals surface area contributed by atoms with Gasteiger partial charge in [0.1, 0.15) is 11.5 Å². The van der Waals surface area contributed by atoms with Crippen LogP contribution in [0, 0.1) is 0 Å². The molecule has 0 atom stereocenters. The van der Waals surface area contributed by atoms with Crippen molar-refractivity contribution in [2.45, 2.75) is 12.3 Å². The van der Waals surface area contributed by atoms with E-state index in [4.69, 9.17) is 0 Å². The fourth-order valence-corrected chi connectivity index (χ4v) is 2.95. The predicted octanol–water partition coefficient (Wildman–Crippen LogP) is 4.45. The molecular formula is C20H18O2. The third kappa shape index (κ3) is 2.33. The lowest BCUT2D eigenvalue weighted by molar-refractivity contribution is 0.445. The van der Waals surface area contributed by atoms with Crippen molar-refractivity contribution in [1.82, 2.24) is 0 Å². The van der Waals surface area contributed by atoms with Crippen LogP contribution in [0.1, 0.15) is 23.6 Å². The van der Waals surface area contributed by atoms with Crippen molar-refractivity contribution in [3.63, 3.8) is 0 Å². The molecule has 0 saturated heterocycles. The first-order valence-corrected chi connectivity index (χ1v) is 7.26. The lowest BCUT2D eigenvalue weighted by Gasteiger charge is -2.32. The van der Waals surface area contributed by atoms with E-state index in [0.29, 0.717) is 5.56 Å². The fourth-order valence-electron chi connectivity index (χ4n) is 2.95. The van der Waals surface area contributed by atoms with Crippen LogP contribution in [0.5, 0.6) is 11.5 Å². The maximum Gasteiger partial charge on any atom is 0.120 e. The summed E-state index contributed by atoms with van der Waals surface area (Å²) in [5, 5.41) is 20.3. The van der Waals surface area contributed by atoms with E-state index in [9.17, 15) is 10.2 Å². The monoisotopic (exact) mass is 290 g/mol. The van der Waals surface area contributed by atoms with Crippen LogP contribution >= 0.6 is 0 Å². The van der Waals surface area contributed by atoms with Crippen molar-refractivity contribution in [1.29, 1.82) is 0 Å². The highest BCUT2D eigenvalue weighted by Crippen LogP contribution is 2.43. The second-order valence-electron chi connectivity index (χ2n) is 5.56. The van der Waals surface area contributed by atoms with Crippen LogP contribution in [0.2, 0.25) is 0 Å². The zero-order chi connectivity index (χ0) is 15.6. The highest BCUT2D eigenvalue weighted by Gasteiger charge is 2.33. The van der Waals surface area contributed by atoms with Crippen molar-refractivity contribution in [2.24, 2.45) is 0 Å². The molecule has 0 saturated carbocycles. The number of benzene rings is 3. The van der Waals surface area contributed by atoms with E-state index < -0.39 is 5.41 Å². The number of aromatic hydroxyl groups is 2. The molecule has 0 aliphatic carbocycles. The molecule has 0 aliphatic rings. The van der Waals surface area contributed by atoms with Gasteiger partial charge in [-0.15, -0.1) is 0 Å². The Morgan fingerprint density at radius 3 is 1.68 bits per heavy atom. The van der Waals surface area contributed by atoms with Gasteiger partial charge in [0.15, 0.2) is 0 Å². The van der Waals surface area contributed by atoms with Gasteiger partial charge in [-0.25, -0.2) is 0 Å². The van der Waals surface area contributed by atoms with Crippen molar-refractivity contribution in [2.75, 3.05) is 0 Å². The van der Waals surface area contributed by atoms with Crippen LogP contribution in [-0.4, -0.2) is 10.2 Å². The van der Waals surface area contributed by atoms with Gasteiger partial charge in [0.25, 0.3) is 0 Å². The van der Waals surface area contributed by atoms with E-state index >= 15 is 0 Å². The van der Waals surface area contributed by atoms with Crippen molar-refractivity contribution in [3.05, 3.63) is 95.6 Å². The van der Waals surface area contributed by atoms with Gasteiger partial charge >= 0.3 is 0 Å². The fraction of sp³-hybridized carbons (Fsp3) is 0.100. The third-order valence-corrected chi connectivity index (χ3v) is 4.22. The smallest absolute Gasteiger partial charge is 0.120 e. The molecule has 0 unspecified atom stereocenters. The van der Waals surface area contributed by atoms with E-state index in [-0.39, 0.29) is 11.5 Å². The normalized spacial score (nSPS) is 11.3. The minimum absolute atomic E-state index is 0.144. The van der Waals surface area contributed by atoms with Crippen LogP contribution in [0.4, 0.5) is 0 Å². The lowest BCUT2D eigenvalue weighted by atomic mass is 9.71. The molecule has 3 aromatic carbocycles. The third-order valence-electron chi connectivity index (χ3n) is 4.22. The molecule has 0 aromatic heterocycles. The quantitative estimate of drug-likeness (QED) is 0.552. The number of hydrogen-bond acceptors (Lipinski definition) is 2. The number of phenols is 2. The summed E-state index contributed by atoms with van der Waals surface area (Å²) in [4.78, 5) is 0. The van der Waals surface area contributed by atoms with Crippen LogP contribution in [0.15, 0.2) is 78.9 Å². The zero-order valence-corrected chi connectivity index (χ0v) is 12.4. The summed E-state index contributed by atoms with van der Waals surface area (Å²) < 4.78 is 0. The van der Waals surface area contributed by atoms with Gasteiger partial charge in [-0.05, 0) is 36.2 Å². The Morgan fingerprint density at radius 1 is 0.682 bits per heavy atom. The molecule has 0 amide bonds. The average Bonchev–Trinajstić information content (AvgIpc) is 2.58. The topological polar surface area (TPSA) is 40.5 Å². The molecule has 0 radical (unpaired) electrons. The first-order chi connectivity index (χ1) is 10.6. The minimum atomic E-state index is -0.550. The van der Waals surface area contributed by atoms with Crippen molar-refractivity contribution in [3.8, 4) is 11.5 Å². The van der Waals surface area contributed by atoms with Crippen LogP contribution in [0.3, 0.4) is 0 Å². The van der Waals surface area contributed by atoms with Crippen LogP contribution < -0.4 is 0 Å². The molecule has 0 aliphatic heterocycles. The first-order valence-electron chi connectivity index (χ1n) is 7.26. The van der Waals surface area contributed by atoms with Gasteiger partial charge in [-0.2, -0.15) is 0 Å². The summed E-state index contributed by atoms with van der Waals surface area (Å²) >= 11 is 0. The van der Waals surface area contributed by atoms with Gasteiger partial charge in [-0.1, -0.05) is 60.7 Å². The van der Waals surface area contributed by atoms with Gasteiger partial charge in [-0.3, -0.25) is 0 Å². The molecule has 2 nitrogen and oxygen atoms in total. The first kappa shape index (κ1) is 14.2. The van der Waals surface area contributed by atoms with E-state index in [2.05, 4.69) is 6.92 Å². The Bertz CT molecular complexity index is 725. The Morgan fingerprint density at radius 2 is 1.18 bits per heavy atom. The molecule has 2 heteroatoms. The number of hydrogen-bond donors (Lipinski definition) is 2. The summed E-state index contributed by atoms with van der Waals surface area (Å²) in [6, 6.07) is 24.7. The lowest BCUT2D eigenvalue weighted by Crippen LogP contribution is -2.25. The maximum absolute atomic E-state index is 10.4. The molecule has 2 N–H and O–H groups in total. The van der Waals surface area contributed by atoms with Gasteiger partial charge in [0.05, 0.1) is 0 Å². The second kappa shape index (κ2) is 5.57. The Kier molecular flexibility index (Phi) is 3.60. The molecule has 0 spiro atoms. The molecular weight excluding hydrogens is 272 g/mol. The largest absolute Gasteiger partial charge is 0.508 e. The van der Waals surface area contributed by atoms with E-state index in [0.717, 1.165) is 11.1 Å². The molecule has 0 fully saturated rings. The van der Waals surface area contributed by atoms with E-state index in [1.165, 1.54) is 12.1 Å². The second-order valence-corrected chi connectivity index (χ2v) is 5.56. The zero-order valence-electron chi connectivity index (χ0n) is 12.4. The Labute approximate surface area is 130 Å². The summed E-state index contributed by atoms with van der Waals surface area (Å²) in [6.07, 6.45) is 0. The summed E-state index contributed by atoms with van der Waals surface area (Å²) in [6.45, 7) is 2.06. The molecule has 3 rings (SSSR count). The van der Waals surface area contributed by atoms with Crippen molar-refractivity contribution < 1.29 is 10.2 Å².